The lowest BCUT2D eigenvalue weighted by Crippen LogP contribution is -2.50. The van der Waals surface area contributed by atoms with Crippen LogP contribution in [0.4, 0.5) is 13.2 Å². The minimum absolute atomic E-state index is 0.0596. The van der Waals surface area contributed by atoms with Crippen LogP contribution in [0.1, 0.15) is 32.6 Å². The molecule has 4 N–H and O–H groups in total. The van der Waals surface area contributed by atoms with Crippen molar-refractivity contribution in [2.75, 3.05) is 13.1 Å². The van der Waals surface area contributed by atoms with E-state index in [-0.39, 0.29) is 12.1 Å². The average molecular weight is 451 g/mol. The maximum Gasteiger partial charge on any atom is 0.416 e. The molecule has 2 aromatic rings. The Morgan fingerprint density at radius 3 is 2.41 bits per heavy atom. The van der Waals surface area contributed by atoms with Gasteiger partial charge >= 0.3 is 12.1 Å². The fourth-order valence-electron chi connectivity index (χ4n) is 2.94. The Morgan fingerprint density at radius 1 is 1.06 bits per heavy atom. The number of carbonyl (C=O) groups is 3. The van der Waals surface area contributed by atoms with Gasteiger partial charge in [0, 0.05) is 18.7 Å². The molecule has 2 amide bonds. The summed E-state index contributed by atoms with van der Waals surface area (Å²) in [4.78, 5) is 35.5. The van der Waals surface area contributed by atoms with Gasteiger partial charge < -0.3 is 21.1 Å². The Kier molecular flexibility index (Phi) is 8.36. The summed E-state index contributed by atoms with van der Waals surface area (Å²) in [5.41, 5.74) is 1.88. The Balaban J connectivity index is 1.86. The molecular formula is C22H24F3N3O4. The number of hydrogen-bond acceptors (Lipinski definition) is 4. The van der Waals surface area contributed by atoms with Crippen LogP contribution < -0.4 is 16.0 Å². The molecular weight excluding hydrogens is 427 g/mol. The number of rotatable bonds is 9. The molecule has 0 aromatic heterocycles. The summed E-state index contributed by atoms with van der Waals surface area (Å²) in [6, 6.07) is 8.37. The van der Waals surface area contributed by atoms with Gasteiger partial charge in [-0.15, -0.1) is 0 Å². The number of alkyl halides is 3. The van der Waals surface area contributed by atoms with E-state index >= 15 is 0 Å². The number of hydrogen-bond donors (Lipinski definition) is 4. The van der Waals surface area contributed by atoms with Gasteiger partial charge in [-0.2, -0.15) is 13.2 Å². The Bertz CT molecular complexity index is 993. The molecule has 0 spiro atoms. The van der Waals surface area contributed by atoms with E-state index in [1.165, 1.54) is 6.07 Å². The van der Waals surface area contributed by atoms with Gasteiger partial charge in [0.25, 0.3) is 5.91 Å². The highest BCUT2D eigenvalue weighted by molar-refractivity contribution is 5.97. The van der Waals surface area contributed by atoms with E-state index in [2.05, 4.69) is 16.0 Å². The third-order valence-electron chi connectivity index (χ3n) is 4.66. The highest BCUT2D eigenvalue weighted by atomic mass is 19.4. The van der Waals surface area contributed by atoms with Crippen LogP contribution in [0.5, 0.6) is 0 Å². The Morgan fingerprint density at radius 2 is 1.78 bits per heavy atom. The summed E-state index contributed by atoms with van der Waals surface area (Å²) < 4.78 is 38.3. The van der Waals surface area contributed by atoms with E-state index in [0.29, 0.717) is 12.6 Å². The number of aryl methyl sites for hydroxylation is 2. The van der Waals surface area contributed by atoms with Gasteiger partial charge in [0.05, 0.1) is 12.1 Å². The SMILES string of the molecule is Cc1ccc(CNC[C@@H](NC(=O)CNC(=O)c2cccc(C(F)(F)F)c2)C(=O)O)c(C)c1. The zero-order chi connectivity index (χ0) is 23.9. The monoisotopic (exact) mass is 451 g/mol. The lowest BCUT2D eigenvalue weighted by atomic mass is 10.1. The second-order valence-corrected chi connectivity index (χ2v) is 7.28. The van der Waals surface area contributed by atoms with Crippen LogP contribution in [0.2, 0.25) is 0 Å². The average Bonchev–Trinajstić information content (AvgIpc) is 2.72. The normalized spacial score (nSPS) is 12.2. The summed E-state index contributed by atoms with van der Waals surface area (Å²) in [5.74, 6) is -2.94. The van der Waals surface area contributed by atoms with Gasteiger partial charge in [-0.05, 0) is 43.2 Å². The standard InChI is InChI=1S/C22H24F3N3O4/c1-13-6-7-16(14(2)8-13)10-26-11-18(21(31)32)28-19(29)12-27-20(30)15-4-3-5-17(9-15)22(23,24)25/h3-9,18,26H,10-12H2,1-2H3,(H,27,30)(H,28,29)(H,31,32)/t18-/m1/s1. The first-order valence-electron chi connectivity index (χ1n) is 9.72. The van der Waals surface area contributed by atoms with Gasteiger partial charge in [-0.1, -0.05) is 29.8 Å². The number of nitrogens with one attached hydrogen (secondary N) is 3. The molecule has 0 unspecified atom stereocenters. The van der Waals surface area contributed by atoms with E-state index in [1.807, 2.05) is 32.0 Å². The van der Waals surface area contributed by atoms with E-state index in [9.17, 15) is 32.7 Å². The molecule has 7 nitrogen and oxygen atoms in total. The number of benzene rings is 2. The second kappa shape index (κ2) is 10.8. The summed E-state index contributed by atoms with van der Waals surface area (Å²) in [6.07, 6.45) is -4.60. The topological polar surface area (TPSA) is 108 Å². The lowest BCUT2D eigenvalue weighted by molar-refractivity contribution is -0.141. The van der Waals surface area contributed by atoms with Crippen molar-refractivity contribution in [3.05, 3.63) is 70.3 Å². The van der Waals surface area contributed by atoms with E-state index in [1.54, 1.807) is 0 Å². The van der Waals surface area contributed by atoms with Crippen LogP contribution in [-0.2, 0) is 22.3 Å². The first kappa shape index (κ1) is 24.9. The summed E-state index contributed by atoms with van der Waals surface area (Å²) >= 11 is 0. The summed E-state index contributed by atoms with van der Waals surface area (Å²) in [5, 5.41) is 16.8. The molecule has 172 valence electrons. The van der Waals surface area contributed by atoms with Gasteiger partial charge in [0.15, 0.2) is 0 Å². The van der Waals surface area contributed by atoms with Gasteiger partial charge in [-0.3, -0.25) is 9.59 Å². The van der Waals surface area contributed by atoms with Gasteiger partial charge in [0.1, 0.15) is 6.04 Å². The third-order valence-corrected chi connectivity index (χ3v) is 4.66. The zero-order valence-corrected chi connectivity index (χ0v) is 17.5. The first-order valence-corrected chi connectivity index (χ1v) is 9.72. The second-order valence-electron chi connectivity index (χ2n) is 7.28. The highest BCUT2D eigenvalue weighted by Gasteiger charge is 2.31. The fraction of sp³-hybridized carbons (Fsp3) is 0.318. The van der Waals surface area contributed by atoms with Gasteiger partial charge in [-0.25, -0.2) is 4.79 Å². The molecule has 1 atom stereocenters. The number of carboxylic acids is 1. The molecule has 0 aliphatic carbocycles. The van der Waals surface area contributed by atoms with Crippen molar-refractivity contribution >= 4 is 17.8 Å². The molecule has 10 heteroatoms. The minimum Gasteiger partial charge on any atom is -0.480 e. The van der Waals surface area contributed by atoms with Crippen molar-refractivity contribution in [1.82, 2.24) is 16.0 Å². The molecule has 0 bridgehead atoms. The lowest BCUT2D eigenvalue weighted by Gasteiger charge is -2.16. The third kappa shape index (κ3) is 7.38. The van der Waals surface area contributed by atoms with Crippen molar-refractivity contribution in [1.29, 1.82) is 0 Å². The molecule has 0 aliphatic heterocycles. The molecule has 2 rings (SSSR count). The van der Waals surface area contributed by atoms with Crippen LogP contribution in [0.15, 0.2) is 42.5 Å². The quantitative estimate of drug-likeness (QED) is 0.469. The molecule has 0 saturated carbocycles. The van der Waals surface area contributed by atoms with Crippen LogP contribution >= 0.6 is 0 Å². The van der Waals surface area contributed by atoms with E-state index < -0.39 is 42.1 Å². The number of aliphatic carboxylic acids is 1. The predicted molar refractivity (Wildman–Crippen MR) is 111 cm³/mol. The number of amides is 2. The van der Waals surface area contributed by atoms with Crippen molar-refractivity contribution < 1.29 is 32.7 Å². The maximum absolute atomic E-state index is 12.8. The van der Waals surface area contributed by atoms with Crippen molar-refractivity contribution in [2.24, 2.45) is 0 Å². The van der Waals surface area contributed by atoms with Crippen molar-refractivity contribution in [2.45, 2.75) is 32.6 Å². The Hall–Kier alpha value is -3.40. The number of carboxylic acid groups (broad SMARTS) is 1. The largest absolute Gasteiger partial charge is 0.480 e. The van der Waals surface area contributed by atoms with Crippen LogP contribution in [0, 0.1) is 13.8 Å². The first-order chi connectivity index (χ1) is 15.0. The molecule has 32 heavy (non-hydrogen) atoms. The Labute approximate surface area is 183 Å². The van der Waals surface area contributed by atoms with Crippen molar-refractivity contribution in [3.63, 3.8) is 0 Å². The van der Waals surface area contributed by atoms with Crippen LogP contribution in [-0.4, -0.2) is 42.0 Å². The fourth-order valence-corrected chi connectivity index (χ4v) is 2.94. The highest BCUT2D eigenvalue weighted by Crippen LogP contribution is 2.29. The molecule has 0 aliphatic rings. The van der Waals surface area contributed by atoms with E-state index in [0.717, 1.165) is 28.8 Å². The molecule has 0 radical (unpaired) electrons. The maximum atomic E-state index is 12.8. The molecule has 0 fully saturated rings. The molecule has 0 heterocycles. The van der Waals surface area contributed by atoms with Crippen molar-refractivity contribution in [3.8, 4) is 0 Å². The number of carbonyl (C=O) groups excluding carboxylic acids is 2. The number of halogens is 3. The smallest absolute Gasteiger partial charge is 0.416 e. The predicted octanol–water partition coefficient (Wildman–Crippen LogP) is 2.41. The zero-order valence-electron chi connectivity index (χ0n) is 17.5. The van der Waals surface area contributed by atoms with Crippen LogP contribution in [0.3, 0.4) is 0 Å². The van der Waals surface area contributed by atoms with E-state index in [4.69, 9.17) is 0 Å². The molecule has 0 saturated heterocycles. The molecule has 2 aromatic carbocycles. The summed E-state index contributed by atoms with van der Waals surface area (Å²) in [7, 11) is 0. The van der Waals surface area contributed by atoms with Gasteiger partial charge in [0.2, 0.25) is 5.91 Å². The van der Waals surface area contributed by atoms with Crippen LogP contribution in [0.25, 0.3) is 0 Å². The minimum atomic E-state index is -4.60. The summed E-state index contributed by atoms with van der Waals surface area (Å²) in [6.45, 7) is 3.66.